The first kappa shape index (κ1) is 13.2. The van der Waals surface area contributed by atoms with Crippen molar-refractivity contribution in [2.45, 2.75) is 13.8 Å². The summed E-state index contributed by atoms with van der Waals surface area (Å²) in [6.07, 6.45) is 1.70. The van der Waals surface area contributed by atoms with Crippen molar-refractivity contribution in [2.75, 3.05) is 13.7 Å². The summed E-state index contributed by atoms with van der Waals surface area (Å²) in [5.41, 5.74) is 2.75. The maximum atomic E-state index is 11.9. The van der Waals surface area contributed by atoms with Gasteiger partial charge in [-0.1, -0.05) is 0 Å². The number of ether oxygens (including phenoxy) is 2. The number of aromatic amines is 1. The number of methoxy groups -OCH3 is 1. The van der Waals surface area contributed by atoms with Crippen molar-refractivity contribution >= 4 is 5.97 Å². The van der Waals surface area contributed by atoms with Gasteiger partial charge >= 0.3 is 5.97 Å². The molecule has 102 valence electrons. The third kappa shape index (κ3) is 2.21. The van der Waals surface area contributed by atoms with E-state index in [4.69, 9.17) is 9.47 Å². The van der Waals surface area contributed by atoms with Crippen LogP contribution in [0.4, 0.5) is 0 Å². The summed E-state index contributed by atoms with van der Waals surface area (Å²) in [4.78, 5) is 14.8. The van der Waals surface area contributed by atoms with E-state index in [1.807, 2.05) is 13.0 Å². The minimum absolute atomic E-state index is 0.334. The molecular formula is C13H17N3O3. The number of hydrogen-bond acceptors (Lipinski definition) is 4. The lowest BCUT2D eigenvalue weighted by atomic mass is 10.1. The quantitative estimate of drug-likeness (QED) is 0.855. The zero-order chi connectivity index (χ0) is 14.0. The van der Waals surface area contributed by atoms with Gasteiger partial charge in [0.05, 0.1) is 25.0 Å². The van der Waals surface area contributed by atoms with Gasteiger partial charge in [-0.15, -0.1) is 0 Å². The number of esters is 1. The average molecular weight is 263 g/mol. The van der Waals surface area contributed by atoms with Crippen molar-refractivity contribution in [3.8, 4) is 17.0 Å². The van der Waals surface area contributed by atoms with Crippen LogP contribution in [0.15, 0.2) is 12.3 Å². The van der Waals surface area contributed by atoms with Crippen LogP contribution in [-0.4, -0.2) is 34.5 Å². The highest BCUT2D eigenvalue weighted by atomic mass is 16.5. The van der Waals surface area contributed by atoms with Crippen LogP contribution in [0.25, 0.3) is 11.1 Å². The Labute approximate surface area is 111 Å². The van der Waals surface area contributed by atoms with Crippen molar-refractivity contribution in [3.05, 3.63) is 23.7 Å². The Morgan fingerprint density at radius 1 is 1.53 bits per heavy atom. The highest BCUT2D eigenvalue weighted by molar-refractivity contribution is 5.96. The third-order valence-corrected chi connectivity index (χ3v) is 2.86. The number of H-pyrrole nitrogens is 1. The fourth-order valence-corrected chi connectivity index (χ4v) is 2.13. The van der Waals surface area contributed by atoms with Crippen LogP contribution in [0, 0.1) is 6.92 Å². The summed E-state index contributed by atoms with van der Waals surface area (Å²) in [5.74, 6) is 0.232. The molecule has 0 aliphatic carbocycles. The second-order valence-corrected chi connectivity index (χ2v) is 4.08. The standard InChI is InChI=1S/C13H17N3O3/c1-5-19-13(17)11-9(6-7-14-11)10-8(2)15-16(3)12(10)18-4/h6-7,14H,5H2,1-4H3. The molecule has 0 radical (unpaired) electrons. The second-order valence-electron chi connectivity index (χ2n) is 4.08. The highest BCUT2D eigenvalue weighted by Gasteiger charge is 2.23. The highest BCUT2D eigenvalue weighted by Crippen LogP contribution is 2.34. The van der Waals surface area contributed by atoms with E-state index in [0.717, 1.165) is 16.8 Å². The lowest BCUT2D eigenvalue weighted by Gasteiger charge is -2.06. The van der Waals surface area contributed by atoms with Crippen molar-refractivity contribution in [1.29, 1.82) is 0 Å². The number of nitrogens with one attached hydrogen (secondary N) is 1. The molecule has 19 heavy (non-hydrogen) atoms. The molecule has 0 amide bonds. The van der Waals surface area contributed by atoms with Gasteiger partial charge in [-0.05, 0) is 19.9 Å². The van der Waals surface area contributed by atoms with Crippen molar-refractivity contribution in [2.24, 2.45) is 7.05 Å². The zero-order valence-corrected chi connectivity index (χ0v) is 11.5. The molecular weight excluding hydrogens is 246 g/mol. The van der Waals surface area contributed by atoms with Gasteiger partial charge in [0, 0.05) is 18.8 Å². The van der Waals surface area contributed by atoms with Gasteiger partial charge in [-0.3, -0.25) is 0 Å². The molecule has 2 heterocycles. The molecule has 0 spiro atoms. The van der Waals surface area contributed by atoms with E-state index in [1.165, 1.54) is 0 Å². The number of carbonyl (C=O) groups is 1. The van der Waals surface area contributed by atoms with E-state index in [9.17, 15) is 4.79 Å². The molecule has 2 rings (SSSR count). The molecule has 2 aromatic rings. The van der Waals surface area contributed by atoms with Crippen LogP contribution in [-0.2, 0) is 11.8 Å². The molecule has 0 fully saturated rings. The fraction of sp³-hybridized carbons (Fsp3) is 0.385. The summed E-state index contributed by atoms with van der Waals surface area (Å²) in [6.45, 7) is 3.98. The Morgan fingerprint density at radius 2 is 2.26 bits per heavy atom. The van der Waals surface area contributed by atoms with E-state index < -0.39 is 0 Å². The number of aryl methyl sites for hydroxylation is 2. The summed E-state index contributed by atoms with van der Waals surface area (Å²) in [6, 6.07) is 1.82. The van der Waals surface area contributed by atoms with Crippen LogP contribution < -0.4 is 4.74 Å². The van der Waals surface area contributed by atoms with E-state index in [1.54, 1.807) is 32.0 Å². The molecule has 0 saturated carbocycles. The van der Waals surface area contributed by atoms with Gasteiger partial charge in [0.2, 0.25) is 5.88 Å². The van der Waals surface area contributed by atoms with Crippen LogP contribution in [0.5, 0.6) is 5.88 Å². The Bertz CT molecular complexity index is 598. The SMILES string of the molecule is CCOC(=O)c1[nH]ccc1-c1c(C)nn(C)c1OC. The number of carbonyl (C=O) groups excluding carboxylic acids is 1. The number of nitrogens with zero attached hydrogens (tertiary/aromatic N) is 2. The molecule has 6 heteroatoms. The lowest BCUT2D eigenvalue weighted by molar-refractivity contribution is 0.0521. The first-order valence-corrected chi connectivity index (χ1v) is 6.02. The summed E-state index contributed by atoms with van der Waals surface area (Å²) in [5, 5.41) is 4.31. The maximum absolute atomic E-state index is 11.9. The van der Waals surface area contributed by atoms with Crippen LogP contribution in [0.1, 0.15) is 23.1 Å². The first-order valence-electron chi connectivity index (χ1n) is 6.02. The van der Waals surface area contributed by atoms with Crippen molar-refractivity contribution in [1.82, 2.24) is 14.8 Å². The van der Waals surface area contributed by atoms with Gasteiger partial charge in [-0.2, -0.15) is 5.10 Å². The molecule has 0 saturated heterocycles. The summed E-state index contributed by atoms with van der Waals surface area (Å²) < 4.78 is 12.0. The van der Waals surface area contributed by atoms with Gasteiger partial charge in [0.15, 0.2) is 0 Å². The summed E-state index contributed by atoms with van der Waals surface area (Å²) in [7, 11) is 3.38. The minimum Gasteiger partial charge on any atom is -0.481 e. The normalized spacial score (nSPS) is 10.5. The lowest BCUT2D eigenvalue weighted by Crippen LogP contribution is -2.06. The molecule has 0 atom stereocenters. The van der Waals surface area contributed by atoms with Gasteiger partial charge in [-0.25, -0.2) is 9.48 Å². The molecule has 2 aromatic heterocycles. The molecule has 0 aliphatic heterocycles. The second kappa shape index (κ2) is 5.17. The third-order valence-electron chi connectivity index (χ3n) is 2.86. The monoisotopic (exact) mass is 263 g/mol. The largest absolute Gasteiger partial charge is 0.481 e. The Balaban J connectivity index is 2.54. The van der Waals surface area contributed by atoms with Crippen LogP contribution >= 0.6 is 0 Å². The number of aromatic nitrogens is 3. The van der Waals surface area contributed by atoms with E-state index in [0.29, 0.717) is 18.2 Å². The Kier molecular flexibility index (Phi) is 3.59. The topological polar surface area (TPSA) is 69.1 Å². The smallest absolute Gasteiger partial charge is 0.355 e. The van der Waals surface area contributed by atoms with Crippen LogP contribution in [0.3, 0.4) is 0 Å². The van der Waals surface area contributed by atoms with E-state index in [-0.39, 0.29) is 5.97 Å². The van der Waals surface area contributed by atoms with Crippen molar-refractivity contribution < 1.29 is 14.3 Å². The maximum Gasteiger partial charge on any atom is 0.355 e. The Morgan fingerprint density at radius 3 is 2.89 bits per heavy atom. The fourth-order valence-electron chi connectivity index (χ4n) is 2.13. The van der Waals surface area contributed by atoms with Crippen molar-refractivity contribution in [3.63, 3.8) is 0 Å². The number of hydrogen-bond donors (Lipinski definition) is 1. The first-order chi connectivity index (χ1) is 9.10. The molecule has 6 nitrogen and oxygen atoms in total. The number of rotatable bonds is 4. The van der Waals surface area contributed by atoms with E-state index >= 15 is 0 Å². The van der Waals surface area contributed by atoms with Gasteiger partial charge < -0.3 is 14.5 Å². The molecule has 0 aromatic carbocycles. The molecule has 0 aliphatic rings. The predicted octanol–water partition coefficient (Wildman–Crippen LogP) is 1.91. The minimum atomic E-state index is -0.382. The predicted molar refractivity (Wildman–Crippen MR) is 70.2 cm³/mol. The van der Waals surface area contributed by atoms with Gasteiger partial charge in [0.1, 0.15) is 5.69 Å². The molecule has 0 bridgehead atoms. The van der Waals surface area contributed by atoms with Crippen LogP contribution in [0.2, 0.25) is 0 Å². The van der Waals surface area contributed by atoms with Gasteiger partial charge in [0.25, 0.3) is 0 Å². The molecule has 1 N–H and O–H groups in total. The Hall–Kier alpha value is -2.24. The summed E-state index contributed by atoms with van der Waals surface area (Å²) >= 11 is 0. The zero-order valence-electron chi connectivity index (χ0n) is 11.5. The van der Waals surface area contributed by atoms with E-state index in [2.05, 4.69) is 10.1 Å². The average Bonchev–Trinajstić information content (AvgIpc) is 2.93. The molecule has 0 unspecified atom stereocenters.